The second-order valence-corrected chi connectivity index (χ2v) is 9.52. The fourth-order valence-corrected chi connectivity index (χ4v) is 5.38. The van der Waals surface area contributed by atoms with E-state index < -0.39 is 17.7 Å². The highest BCUT2D eigenvalue weighted by Crippen LogP contribution is 2.46. The summed E-state index contributed by atoms with van der Waals surface area (Å²) in [7, 11) is 0. The average molecular weight is 495 g/mol. The fraction of sp³-hybridized carbons (Fsp3) is 0.0800. The average Bonchev–Trinajstić information content (AvgIpc) is 3.32. The topological polar surface area (TPSA) is 70.5 Å². The van der Waals surface area contributed by atoms with Crippen LogP contribution < -0.4 is 4.90 Å². The number of anilines is 1. The standard InChI is InChI=1S/C25H16Cl2N2O3S/c1-13-6-8-14(9-7-13)22(30)20-21(16-11-10-15(26)12-17(16)27)29(24(32)23(20)31)25-28-18-4-2-3-5-19(18)33-25/h2-12,21,30H,1H3. The van der Waals surface area contributed by atoms with Crippen molar-refractivity contribution < 1.29 is 14.7 Å². The van der Waals surface area contributed by atoms with Crippen LogP contribution in [0.2, 0.25) is 10.0 Å². The molecule has 5 nitrogen and oxygen atoms in total. The van der Waals surface area contributed by atoms with Gasteiger partial charge in [-0.2, -0.15) is 0 Å². The van der Waals surface area contributed by atoms with E-state index in [-0.39, 0.29) is 16.4 Å². The van der Waals surface area contributed by atoms with Crippen LogP contribution in [0, 0.1) is 6.92 Å². The van der Waals surface area contributed by atoms with Crippen LogP contribution in [-0.2, 0) is 9.59 Å². The number of aliphatic hydroxyl groups excluding tert-OH is 1. The number of thiazole rings is 1. The Kier molecular flexibility index (Phi) is 5.44. The highest BCUT2D eigenvalue weighted by molar-refractivity contribution is 7.22. The van der Waals surface area contributed by atoms with Crippen molar-refractivity contribution in [2.75, 3.05) is 4.90 Å². The maximum atomic E-state index is 13.3. The normalized spacial score (nSPS) is 17.8. The summed E-state index contributed by atoms with van der Waals surface area (Å²) in [4.78, 5) is 32.4. The molecule has 1 amide bonds. The molecule has 1 aromatic heterocycles. The lowest BCUT2D eigenvalue weighted by Crippen LogP contribution is -2.29. The number of amides is 1. The van der Waals surface area contributed by atoms with E-state index in [0.717, 1.165) is 10.3 Å². The number of Topliss-reactive ketones (excluding diaryl/α,β-unsaturated/α-hetero) is 1. The summed E-state index contributed by atoms with van der Waals surface area (Å²) in [5, 5.41) is 12.2. The number of ketones is 1. The van der Waals surface area contributed by atoms with Crippen molar-refractivity contribution in [3.63, 3.8) is 0 Å². The molecule has 1 saturated heterocycles. The Labute approximate surface area is 203 Å². The number of para-hydroxylation sites is 1. The molecule has 164 valence electrons. The van der Waals surface area contributed by atoms with Crippen LogP contribution in [0.15, 0.2) is 72.3 Å². The highest BCUT2D eigenvalue weighted by atomic mass is 35.5. The Morgan fingerprint density at radius 3 is 2.45 bits per heavy atom. The Bertz CT molecular complexity index is 1430. The largest absolute Gasteiger partial charge is 0.507 e. The summed E-state index contributed by atoms with van der Waals surface area (Å²) in [6.07, 6.45) is 0. The number of aryl methyl sites for hydroxylation is 1. The van der Waals surface area contributed by atoms with Gasteiger partial charge in [-0.25, -0.2) is 4.98 Å². The zero-order valence-corrected chi connectivity index (χ0v) is 19.6. The Balaban J connectivity index is 1.76. The number of aromatic nitrogens is 1. The molecule has 1 aliphatic rings. The van der Waals surface area contributed by atoms with Gasteiger partial charge < -0.3 is 5.11 Å². The SMILES string of the molecule is Cc1ccc(C(O)=C2C(=O)C(=O)N(c3nc4ccccc4s3)C2c2ccc(Cl)cc2Cl)cc1. The number of carbonyl (C=O) groups excluding carboxylic acids is 2. The van der Waals surface area contributed by atoms with E-state index >= 15 is 0 Å². The molecule has 1 fully saturated rings. The maximum absolute atomic E-state index is 13.3. The molecule has 0 saturated carbocycles. The molecule has 5 rings (SSSR count). The quantitative estimate of drug-likeness (QED) is 0.199. The molecule has 3 aromatic carbocycles. The molecule has 0 aliphatic carbocycles. The summed E-state index contributed by atoms with van der Waals surface area (Å²) in [6.45, 7) is 1.92. The maximum Gasteiger partial charge on any atom is 0.301 e. The van der Waals surface area contributed by atoms with E-state index in [1.165, 1.54) is 16.2 Å². The molecule has 4 aromatic rings. The summed E-state index contributed by atoms with van der Waals surface area (Å²) in [5.74, 6) is -1.85. The smallest absolute Gasteiger partial charge is 0.301 e. The van der Waals surface area contributed by atoms with Gasteiger partial charge in [0.2, 0.25) is 0 Å². The molecule has 1 unspecified atom stereocenters. The number of hydrogen-bond acceptors (Lipinski definition) is 5. The van der Waals surface area contributed by atoms with Gasteiger partial charge in [0.25, 0.3) is 5.78 Å². The van der Waals surface area contributed by atoms with Crippen LogP contribution in [0.3, 0.4) is 0 Å². The number of rotatable bonds is 3. The van der Waals surface area contributed by atoms with Gasteiger partial charge in [0, 0.05) is 15.6 Å². The van der Waals surface area contributed by atoms with Crippen molar-refractivity contribution in [3.05, 3.63) is 99.0 Å². The van der Waals surface area contributed by atoms with E-state index in [1.54, 1.807) is 30.3 Å². The number of aliphatic hydroxyl groups is 1. The van der Waals surface area contributed by atoms with Crippen LogP contribution in [0.1, 0.15) is 22.7 Å². The third-order valence-corrected chi connectivity index (χ3v) is 7.11. The van der Waals surface area contributed by atoms with Crippen molar-refractivity contribution in [1.82, 2.24) is 4.98 Å². The fourth-order valence-electron chi connectivity index (χ4n) is 3.88. The van der Waals surface area contributed by atoms with Crippen molar-refractivity contribution >= 4 is 67.3 Å². The first kappa shape index (κ1) is 21.6. The van der Waals surface area contributed by atoms with Crippen LogP contribution in [0.4, 0.5) is 5.13 Å². The summed E-state index contributed by atoms with van der Waals surface area (Å²) in [5.41, 5.74) is 2.55. The van der Waals surface area contributed by atoms with Crippen LogP contribution in [0.5, 0.6) is 0 Å². The van der Waals surface area contributed by atoms with E-state index in [4.69, 9.17) is 23.2 Å². The molecule has 0 radical (unpaired) electrons. The van der Waals surface area contributed by atoms with E-state index in [1.807, 2.05) is 43.3 Å². The second-order valence-electron chi connectivity index (χ2n) is 7.67. The number of fused-ring (bicyclic) bond motifs is 1. The van der Waals surface area contributed by atoms with E-state index in [0.29, 0.717) is 26.8 Å². The molecule has 1 N–H and O–H groups in total. The van der Waals surface area contributed by atoms with Crippen molar-refractivity contribution in [1.29, 1.82) is 0 Å². The summed E-state index contributed by atoms with van der Waals surface area (Å²) in [6, 6.07) is 18.4. The first-order valence-corrected chi connectivity index (χ1v) is 11.6. The Morgan fingerprint density at radius 1 is 1.03 bits per heavy atom. The molecular weight excluding hydrogens is 479 g/mol. The lowest BCUT2D eigenvalue weighted by Gasteiger charge is -2.24. The van der Waals surface area contributed by atoms with Gasteiger partial charge in [-0.15, -0.1) is 0 Å². The zero-order valence-electron chi connectivity index (χ0n) is 17.3. The molecule has 1 atom stereocenters. The third kappa shape index (κ3) is 3.70. The van der Waals surface area contributed by atoms with E-state index in [2.05, 4.69) is 4.98 Å². The molecule has 1 aliphatic heterocycles. The Morgan fingerprint density at radius 2 is 1.76 bits per heavy atom. The third-order valence-electron chi connectivity index (χ3n) is 5.52. The van der Waals surface area contributed by atoms with Crippen LogP contribution in [-0.4, -0.2) is 21.8 Å². The zero-order chi connectivity index (χ0) is 23.3. The van der Waals surface area contributed by atoms with Crippen molar-refractivity contribution in [2.24, 2.45) is 0 Å². The molecule has 33 heavy (non-hydrogen) atoms. The van der Waals surface area contributed by atoms with Gasteiger partial charge in [0.15, 0.2) is 5.13 Å². The van der Waals surface area contributed by atoms with Gasteiger partial charge in [-0.1, -0.05) is 82.6 Å². The molecule has 2 heterocycles. The first-order valence-electron chi connectivity index (χ1n) is 10.0. The number of benzene rings is 3. The summed E-state index contributed by atoms with van der Waals surface area (Å²) >= 11 is 13.9. The Hall–Kier alpha value is -3.19. The first-order chi connectivity index (χ1) is 15.8. The number of nitrogens with zero attached hydrogens (tertiary/aromatic N) is 2. The molecule has 8 heteroatoms. The van der Waals surface area contributed by atoms with Crippen molar-refractivity contribution in [2.45, 2.75) is 13.0 Å². The predicted molar refractivity (Wildman–Crippen MR) is 132 cm³/mol. The minimum Gasteiger partial charge on any atom is -0.507 e. The number of hydrogen-bond donors (Lipinski definition) is 1. The van der Waals surface area contributed by atoms with Crippen LogP contribution in [0.25, 0.3) is 16.0 Å². The monoisotopic (exact) mass is 494 g/mol. The molecule has 0 bridgehead atoms. The summed E-state index contributed by atoms with van der Waals surface area (Å²) < 4.78 is 0.869. The highest BCUT2D eigenvalue weighted by Gasteiger charge is 2.48. The van der Waals surface area contributed by atoms with E-state index in [9.17, 15) is 14.7 Å². The van der Waals surface area contributed by atoms with Gasteiger partial charge >= 0.3 is 5.91 Å². The van der Waals surface area contributed by atoms with Gasteiger partial charge in [0.1, 0.15) is 5.76 Å². The van der Waals surface area contributed by atoms with Crippen LogP contribution >= 0.6 is 34.5 Å². The number of carbonyl (C=O) groups is 2. The predicted octanol–water partition coefficient (Wildman–Crippen LogP) is 6.54. The van der Waals surface area contributed by atoms with Gasteiger partial charge in [0.05, 0.1) is 21.8 Å². The lowest BCUT2D eigenvalue weighted by molar-refractivity contribution is -0.132. The lowest BCUT2D eigenvalue weighted by atomic mass is 9.95. The minimum atomic E-state index is -0.961. The second kappa shape index (κ2) is 8.30. The van der Waals surface area contributed by atoms with Gasteiger partial charge in [-0.05, 0) is 36.8 Å². The van der Waals surface area contributed by atoms with Gasteiger partial charge in [-0.3, -0.25) is 14.5 Å². The molecular formula is C25H16Cl2N2O3S. The van der Waals surface area contributed by atoms with Crippen molar-refractivity contribution in [3.8, 4) is 0 Å². The molecule has 0 spiro atoms. The minimum absolute atomic E-state index is 0.0488. The number of halogens is 2.